The zero-order chi connectivity index (χ0) is 15.1. The number of nitrogens with one attached hydrogen (secondary N) is 2. The largest absolute Gasteiger partial charge is 0.374 e. The van der Waals surface area contributed by atoms with Crippen molar-refractivity contribution in [3.8, 4) is 0 Å². The number of halogens is 1. The van der Waals surface area contributed by atoms with Gasteiger partial charge in [-0.3, -0.25) is 0 Å². The highest BCUT2D eigenvalue weighted by atomic mass is 79.9. The summed E-state index contributed by atoms with van der Waals surface area (Å²) >= 11 is 3.42. The molecule has 0 spiro atoms. The van der Waals surface area contributed by atoms with E-state index >= 15 is 0 Å². The predicted molar refractivity (Wildman–Crippen MR) is 86.6 cm³/mol. The van der Waals surface area contributed by atoms with Crippen LogP contribution in [0.1, 0.15) is 18.3 Å². The molecule has 0 aliphatic rings. The number of hydrogen-bond donors (Lipinski definition) is 3. The lowest BCUT2D eigenvalue weighted by atomic mass is 10.2. The average Bonchev–Trinajstić information content (AvgIpc) is 2.52. The number of rotatable bonds is 7. The van der Waals surface area contributed by atoms with Gasteiger partial charge in [0.15, 0.2) is 5.82 Å². The van der Waals surface area contributed by atoms with Crippen molar-refractivity contribution in [2.45, 2.75) is 20.1 Å². The van der Waals surface area contributed by atoms with Crippen molar-refractivity contribution in [2.75, 3.05) is 17.3 Å². The van der Waals surface area contributed by atoms with Crippen LogP contribution in [0.15, 0.2) is 34.8 Å². The first-order valence-corrected chi connectivity index (χ1v) is 7.41. The van der Waals surface area contributed by atoms with E-state index < -0.39 is 0 Å². The molecule has 0 saturated heterocycles. The van der Waals surface area contributed by atoms with Crippen LogP contribution in [-0.4, -0.2) is 16.6 Å². The van der Waals surface area contributed by atoms with Gasteiger partial charge in [-0.2, -0.15) is 0 Å². The Hall–Kier alpha value is -1.70. The number of nitrogen functional groups attached to an aromatic ring is 1. The van der Waals surface area contributed by atoms with E-state index in [0.717, 1.165) is 10.0 Å². The van der Waals surface area contributed by atoms with E-state index in [9.17, 15) is 0 Å². The fraction of sp³-hybridized carbons (Fsp3) is 0.286. The summed E-state index contributed by atoms with van der Waals surface area (Å²) in [6.45, 7) is 3.57. The topological polar surface area (TPSA) is 85.1 Å². The van der Waals surface area contributed by atoms with Crippen LogP contribution in [0.25, 0.3) is 0 Å². The van der Waals surface area contributed by atoms with Gasteiger partial charge >= 0.3 is 0 Å². The lowest BCUT2D eigenvalue weighted by molar-refractivity contribution is 0.128. The summed E-state index contributed by atoms with van der Waals surface area (Å²) in [5.41, 5.74) is 3.69. The fourth-order valence-corrected chi connectivity index (χ4v) is 1.98. The van der Waals surface area contributed by atoms with Gasteiger partial charge in [-0.1, -0.05) is 28.1 Å². The lowest BCUT2D eigenvalue weighted by Crippen LogP contribution is -2.13. The molecule has 0 unspecified atom stereocenters. The molecule has 0 saturated carbocycles. The summed E-state index contributed by atoms with van der Waals surface area (Å²) in [5, 5.41) is 3.25. The third kappa shape index (κ3) is 4.96. The Labute approximate surface area is 132 Å². The molecule has 2 aromatic rings. The Morgan fingerprint density at radius 3 is 2.57 bits per heavy atom. The Bertz CT molecular complexity index is 576. The number of ether oxygens (including phenoxy) is 1. The summed E-state index contributed by atoms with van der Waals surface area (Å²) in [6, 6.07) is 9.85. The number of hydrazine groups is 1. The molecule has 0 atom stereocenters. The van der Waals surface area contributed by atoms with Crippen molar-refractivity contribution in [3.05, 3.63) is 46.2 Å². The van der Waals surface area contributed by atoms with Crippen molar-refractivity contribution in [2.24, 2.45) is 5.84 Å². The highest BCUT2D eigenvalue weighted by Gasteiger charge is 2.04. The number of nitrogens with zero attached hydrogens (tertiary/aromatic N) is 2. The molecule has 0 bridgehead atoms. The normalized spacial score (nSPS) is 10.4. The number of hydrogen-bond acceptors (Lipinski definition) is 6. The van der Waals surface area contributed by atoms with E-state index in [0.29, 0.717) is 37.2 Å². The van der Waals surface area contributed by atoms with Crippen LogP contribution >= 0.6 is 15.9 Å². The van der Waals surface area contributed by atoms with Crippen LogP contribution in [-0.2, 0) is 17.9 Å². The fourth-order valence-electron chi connectivity index (χ4n) is 1.71. The molecule has 4 N–H and O–H groups in total. The second kappa shape index (κ2) is 7.92. The number of aromatic nitrogens is 2. The molecule has 0 radical (unpaired) electrons. The zero-order valence-corrected chi connectivity index (χ0v) is 13.4. The standard InChI is InChI=1S/C14H18BrN5O/c1-2-21-9-14-18-12(7-13(19-14)20-16)17-8-10-3-5-11(15)6-4-10/h3-7H,2,8-9,16H2,1H3,(H2,17,18,19,20). The van der Waals surface area contributed by atoms with Gasteiger partial charge in [-0.05, 0) is 24.6 Å². The average molecular weight is 352 g/mol. The Morgan fingerprint density at radius 2 is 1.90 bits per heavy atom. The van der Waals surface area contributed by atoms with Crippen molar-refractivity contribution < 1.29 is 4.74 Å². The van der Waals surface area contributed by atoms with E-state index in [1.807, 2.05) is 31.2 Å². The van der Waals surface area contributed by atoms with Crippen LogP contribution in [0.3, 0.4) is 0 Å². The molecule has 112 valence electrons. The summed E-state index contributed by atoms with van der Waals surface area (Å²) < 4.78 is 6.38. The van der Waals surface area contributed by atoms with Gasteiger partial charge in [0.1, 0.15) is 18.2 Å². The molecule has 0 aliphatic heterocycles. The summed E-state index contributed by atoms with van der Waals surface area (Å²) in [5.74, 6) is 7.27. The van der Waals surface area contributed by atoms with Crippen LogP contribution in [0.5, 0.6) is 0 Å². The minimum atomic E-state index is 0.360. The Balaban J connectivity index is 2.05. The monoisotopic (exact) mass is 351 g/mol. The van der Waals surface area contributed by atoms with Gasteiger partial charge < -0.3 is 15.5 Å². The van der Waals surface area contributed by atoms with Crippen LogP contribution < -0.4 is 16.6 Å². The molecule has 1 aromatic heterocycles. The van der Waals surface area contributed by atoms with Crippen molar-refractivity contribution in [1.82, 2.24) is 9.97 Å². The number of anilines is 2. The maximum atomic E-state index is 5.43. The summed E-state index contributed by atoms with van der Waals surface area (Å²) in [7, 11) is 0. The molecule has 1 aromatic carbocycles. The third-order valence-corrected chi connectivity index (χ3v) is 3.27. The second-order valence-corrected chi connectivity index (χ2v) is 5.23. The molecule has 0 aliphatic carbocycles. The maximum Gasteiger partial charge on any atom is 0.158 e. The van der Waals surface area contributed by atoms with E-state index in [4.69, 9.17) is 10.6 Å². The van der Waals surface area contributed by atoms with Gasteiger partial charge in [0.05, 0.1) is 0 Å². The number of nitrogens with two attached hydrogens (primary N) is 1. The molecular formula is C14H18BrN5O. The van der Waals surface area contributed by atoms with Gasteiger partial charge in [0.2, 0.25) is 0 Å². The Kier molecular flexibility index (Phi) is 5.91. The Morgan fingerprint density at radius 1 is 1.19 bits per heavy atom. The van der Waals surface area contributed by atoms with Gasteiger partial charge in [-0.15, -0.1) is 0 Å². The van der Waals surface area contributed by atoms with E-state index in [-0.39, 0.29) is 0 Å². The lowest BCUT2D eigenvalue weighted by Gasteiger charge is -2.10. The minimum absolute atomic E-state index is 0.360. The van der Waals surface area contributed by atoms with Gasteiger partial charge in [0.25, 0.3) is 0 Å². The molecule has 21 heavy (non-hydrogen) atoms. The van der Waals surface area contributed by atoms with Crippen LogP contribution in [0, 0.1) is 0 Å². The van der Waals surface area contributed by atoms with Crippen LogP contribution in [0.2, 0.25) is 0 Å². The maximum absolute atomic E-state index is 5.43. The van der Waals surface area contributed by atoms with Crippen LogP contribution in [0.4, 0.5) is 11.6 Å². The molecule has 1 heterocycles. The number of benzene rings is 1. The molecular weight excluding hydrogens is 334 g/mol. The SMILES string of the molecule is CCOCc1nc(NN)cc(NCc2ccc(Br)cc2)n1. The predicted octanol–water partition coefficient (Wildman–Crippen LogP) is 2.67. The molecule has 0 fully saturated rings. The molecule has 0 amide bonds. The first-order valence-electron chi connectivity index (χ1n) is 6.62. The first kappa shape index (κ1) is 15.7. The van der Waals surface area contributed by atoms with E-state index in [2.05, 4.69) is 36.6 Å². The smallest absolute Gasteiger partial charge is 0.158 e. The van der Waals surface area contributed by atoms with Gasteiger partial charge in [-0.25, -0.2) is 15.8 Å². The second-order valence-electron chi connectivity index (χ2n) is 4.32. The zero-order valence-electron chi connectivity index (χ0n) is 11.8. The van der Waals surface area contributed by atoms with E-state index in [1.54, 1.807) is 6.07 Å². The quantitative estimate of drug-likeness (QED) is 0.525. The third-order valence-electron chi connectivity index (χ3n) is 2.74. The van der Waals surface area contributed by atoms with Crippen molar-refractivity contribution in [3.63, 3.8) is 0 Å². The highest BCUT2D eigenvalue weighted by Crippen LogP contribution is 2.14. The first-order chi connectivity index (χ1) is 10.2. The summed E-state index contributed by atoms with van der Waals surface area (Å²) in [4.78, 5) is 8.64. The van der Waals surface area contributed by atoms with Crippen molar-refractivity contribution in [1.29, 1.82) is 0 Å². The molecule has 2 rings (SSSR count). The minimum Gasteiger partial charge on any atom is -0.374 e. The van der Waals surface area contributed by atoms with E-state index in [1.165, 1.54) is 0 Å². The van der Waals surface area contributed by atoms with Crippen molar-refractivity contribution >= 4 is 27.6 Å². The molecule has 6 nitrogen and oxygen atoms in total. The van der Waals surface area contributed by atoms with Gasteiger partial charge in [0, 0.05) is 23.7 Å². The molecule has 7 heteroatoms. The highest BCUT2D eigenvalue weighted by molar-refractivity contribution is 9.10. The summed E-state index contributed by atoms with van der Waals surface area (Å²) in [6.07, 6.45) is 0.